The maximum Gasteiger partial charge on any atom is 0.269 e. The summed E-state index contributed by atoms with van der Waals surface area (Å²) >= 11 is 0.743. The van der Waals surface area contributed by atoms with E-state index < -0.39 is 20.0 Å². The molecule has 0 saturated heterocycles. The van der Waals surface area contributed by atoms with Crippen molar-refractivity contribution in [2.24, 2.45) is 0 Å². The molecule has 0 aliphatic rings. The van der Waals surface area contributed by atoms with Crippen molar-refractivity contribution < 1.29 is 26.4 Å². The molecule has 0 amide bonds. The van der Waals surface area contributed by atoms with Crippen LogP contribution in [0.15, 0.2) is 129 Å². The van der Waals surface area contributed by atoms with Crippen LogP contribution in [0, 0.1) is 0 Å². The number of carbonyl (C=O) groups excluding carboxylic acids is 2. The molecule has 0 aliphatic heterocycles. The van der Waals surface area contributed by atoms with Crippen LogP contribution < -0.4 is 0 Å². The van der Waals surface area contributed by atoms with Gasteiger partial charge in [0.05, 0.1) is 32.0 Å². The fourth-order valence-corrected chi connectivity index (χ4v) is 9.60. The summed E-state index contributed by atoms with van der Waals surface area (Å²) in [5.41, 5.74) is 0.580. The molecule has 0 spiro atoms. The quantitative estimate of drug-likeness (QED) is 0.202. The maximum atomic E-state index is 14.1. The third-order valence-electron chi connectivity index (χ3n) is 6.65. The zero-order chi connectivity index (χ0) is 28.8. The standard InChI is InChI=1S/C30H20N2O6S3/c33-19-25-23-15-7-9-17-27(23)31(40(35,36)21-11-3-1-4-12-21)29(25)39-30-26(20-34)24-16-8-10-18-28(24)32(30)41(37,38)22-13-5-2-6-14-22/h1-20H. The topological polar surface area (TPSA) is 112 Å². The van der Waals surface area contributed by atoms with Gasteiger partial charge in [0.2, 0.25) is 0 Å². The number of nitrogens with zero attached hydrogens (tertiary/aromatic N) is 2. The van der Waals surface area contributed by atoms with Crippen LogP contribution >= 0.6 is 11.8 Å². The van der Waals surface area contributed by atoms with E-state index in [4.69, 9.17) is 0 Å². The van der Waals surface area contributed by atoms with E-state index in [2.05, 4.69) is 0 Å². The molecule has 6 aromatic rings. The van der Waals surface area contributed by atoms with Gasteiger partial charge in [-0.1, -0.05) is 84.6 Å². The van der Waals surface area contributed by atoms with Gasteiger partial charge >= 0.3 is 0 Å². The van der Waals surface area contributed by atoms with Gasteiger partial charge in [-0.05, 0) is 36.4 Å². The molecular weight excluding hydrogens is 581 g/mol. The molecule has 11 heteroatoms. The Morgan fingerprint density at radius 3 is 1.20 bits per heavy atom. The lowest BCUT2D eigenvalue weighted by atomic mass is 10.2. The van der Waals surface area contributed by atoms with E-state index in [0.717, 1.165) is 19.7 Å². The lowest BCUT2D eigenvalue weighted by molar-refractivity contribution is 0.111. The van der Waals surface area contributed by atoms with Gasteiger partial charge in [-0.15, -0.1) is 0 Å². The zero-order valence-electron chi connectivity index (χ0n) is 21.1. The summed E-state index contributed by atoms with van der Waals surface area (Å²) < 4.78 is 58.3. The van der Waals surface area contributed by atoms with Gasteiger partial charge in [-0.25, -0.2) is 24.8 Å². The molecule has 0 radical (unpaired) electrons. The molecule has 0 saturated carbocycles. The molecule has 0 N–H and O–H groups in total. The van der Waals surface area contributed by atoms with Crippen molar-refractivity contribution >= 4 is 66.2 Å². The zero-order valence-corrected chi connectivity index (χ0v) is 23.6. The Kier molecular flexibility index (Phi) is 6.65. The number of benzene rings is 4. The Hall–Kier alpha value is -4.45. The Morgan fingerprint density at radius 2 is 0.829 bits per heavy atom. The molecule has 0 aliphatic carbocycles. The molecule has 2 aromatic heterocycles. The van der Waals surface area contributed by atoms with E-state index in [1.54, 1.807) is 84.9 Å². The number of aromatic nitrogens is 2. The van der Waals surface area contributed by atoms with E-state index in [1.165, 1.54) is 24.3 Å². The van der Waals surface area contributed by atoms with E-state index in [9.17, 15) is 26.4 Å². The first-order valence-electron chi connectivity index (χ1n) is 12.3. The highest BCUT2D eigenvalue weighted by molar-refractivity contribution is 8.01. The minimum Gasteiger partial charge on any atom is -0.298 e. The number of aldehydes is 2. The Bertz CT molecular complexity index is 2030. The van der Waals surface area contributed by atoms with E-state index >= 15 is 0 Å². The van der Waals surface area contributed by atoms with Gasteiger partial charge in [0.25, 0.3) is 20.0 Å². The SMILES string of the molecule is O=Cc1c(Sc2c(C=O)c3ccccc3n2S(=O)(=O)c2ccccc2)n(S(=O)(=O)c2ccccc2)c2ccccc12. The summed E-state index contributed by atoms with van der Waals surface area (Å²) in [5, 5.41) is 0.650. The predicted octanol–water partition coefficient (Wildman–Crippen LogP) is 5.85. The Morgan fingerprint density at radius 1 is 0.488 bits per heavy atom. The van der Waals surface area contributed by atoms with Crippen LogP contribution in [-0.2, 0) is 20.0 Å². The van der Waals surface area contributed by atoms with Gasteiger partial charge in [0, 0.05) is 10.8 Å². The summed E-state index contributed by atoms with van der Waals surface area (Å²) in [6.45, 7) is 0. The number of hydrogen-bond donors (Lipinski definition) is 0. The smallest absolute Gasteiger partial charge is 0.269 e. The van der Waals surface area contributed by atoms with Crippen LogP contribution in [0.4, 0.5) is 0 Å². The van der Waals surface area contributed by atoms with Crippen molar-refractivity contribution in [2.45, 2.75) is 19.8 Å². The van der Waals surface area contributed by atoms with Crippen LogP contribution in [0.2, 0.25) is 0 Å². The van der Waals surface area contributed by atoms with Crippen molar-refractivity contribution in [1.29, 1.82) is 0 Å². The molecule has 2 heterocycles. The average Bonchev–Trinajstić information content (AvgIpc) is 3.50. The van der Waals surface area contributed by atoms with Gasteiger partial charge in [0.1, 0.15) is 10.1 Å². The molecule has 0 atom stereocenters. The van der Waals surface area contributed by atoms with Crippen molar-refractivity contribution in [2.75, 3.05) is 0 Å². The van der Waals surface area contributed by atoms with Crippen molar-refractivity contribution in [3.63, 3.8) is 0 Å². The third-order valence-corrected chi connectivity index (χ3v) is 11.5. The van der Waals surface area contributed by atoms with Crippen LogP contribution in [-0.4, -0.2) is 37.4 Å². The number of rotatable bonds is 8. The second-order valence-electron chi connectivity index (χ2n) is 8.97. The normalized spacial score (nSPS) is 12.1. The summed E-state index contributed by atoms with van der Waals surface area (Å²) in [5.74, 6) is 0. The molecule has 41 heavy (non-hydrogen) atoms. The highest BCUT2D eigenvalue weighted by Gasteiger charge is 2.32. The van der Waals surface area contributed by atoms with Crippen LogP contribution in [0.25, 0.3) is 21.8 Å². The van der Waals surface area contributed by atoms with E-state index in [1.807, 2.05) is 0 Å². The van der Waals surface area contributed by atoms with Crippen molar-refractivity contribution in [3.8, 4) is 0 Å². The van der Waals surface area contributed by atoms with Crippen LogP contribution in [0.3, 0.4) is 0 Å². The first-order chi connectivity index (χ1) is 19.8. The number of para-hydroxylation sites is 2. The number of fused-ring (bicyclic) bond motifs is 2. The lowest BCUT2D eigenvalue weighted by Crippen LogP contribution is -2.16. The summed E-state index contributed by atoms with van der Waals surface area (Å²) in [6.07, 6.45) is 1.09. The highest BCUT2D eigenvalue weighted by Crippen LogP contribution is 2.43. The van der Waals surface area contributed by atoms with E-state index in [-0.39, 0.29) is 42.0 Å². The first-order valence-corrected chi connectivity index (χ1v) is 16.0. The Labute approximate surface area is 240 Å². The third kappa shape index (κ3) is 4.21. The molecule has 0 fully saturated rings. The minimum atomic E-state index is -4.27. The second kappa shape index (κ2) is 10.2. The largest absolute Gasteiger partial charge is 0.298 e. The second-order valence-corrected chi connectivity index (χ2v) is 13.5. The maximum absolute atomic E-state index is 14.1. The molecule has 204 valence electrons. The van der Waals surface area contributed by atoms with E-state index in [0.29, 0.717) is 23.3 Å². The monoisotopic (exact) mass is 600 g/mol. The molecule has 4 aromatic carbocycles. The highest BCUT2D eigenvalue weighted by atomic mass is 32.2. The summed E-state index contributed by atoms with van der Waals surface area (Å²) in [7, 11) is -8.53. The molecule has 8 nitrogen and oxygen atoms in total. The first kappa shape index (κ1) is 26.8. The molecule has 0 bridgehead atoms. The molecule has 0 unspecified atom stereocenters. The fraction of sp³-hybridized carbons (Fsp3) is 0. The Balaban J connectivity index is 1.72. The average molecular weight is 601 g/mol. The van der Waals surface area contributed by atoms with Gasteiger partial charge in [0.15, 0.2) is 12.6 Å². The number of carbonyl (C=O) groups is 2. The number of hydrogen-bond acceptors (Lipinski definition) is 7. The van der Waals surface area contributed by atoms with Gasteiger partial charge in [-0.3, -0.25) is 9.59 Å². The summed E-state index contributed by atoms with van der Waals surface area (Å²) in [6, 6.07) is 28.5. The van der Waals surface area contributed by atoms with Gasteiger partial charge < -0.3 is 0 Å². The minimum absolute atomic E-state index is 0.0203. The van der Waals surface area contributed by atoms with Crippen LogP contribution in [0.1, 0.15) is 20.7 Å². The molecule has 6 rings (SSSR count). The van der Waals surface area contributed by atoms with Crippen molar-refractivity contribution in [1.82, 2.24) is 7.94 Å². The summed E-state index contributed by atoms with van der Waals surface area (Å²) in [4.78, 5) is 25.0. The van der Waals surface area contributed by atoms with Crippen molar-refractivity contribution in [3.05, 3.63) is 120 Å². The molecular formula is C30H20N2O6S3. The van der Waals surface area contributed by atoms with Gasteiger partial charge in [-0.2, -0.15) is 0 Å². The lowest BCUT2D eigenvalue weighted by Gasteiger charge is -2.15. The fourth-order valence-electron chi connectivity index (χ4n) is 4.81. The van der Waals surface area contributed by atoms with Crippen LogP contribution in [0.5, 0.6) is 0 Å². The predicted molar refractivity (Wildman–Crippen MR) is 157 cm³/mol.